The van der Waals surface area contributed by atoms with Crippen molar-refractivity contribution in [2.75, 3.05) is 0 Å². The van der Waals surface area contributed by atoms with E-state index in [2.05, 4.69) is 136 Å². The number of fused-ring (bicyclic) bond motifs is 2. The fraction of sp³-hybridized carbons (Fsp3) is 0.0857. The molecule has 0 heteroatoms. The van der Waals surface area contributed by atoms with Gasteiger partial charge in [0.25, 0.3) is 0 Å². The van der Waals surface area contributed by atoms with E-state index >= 15 is 0 Å². The van der Waals surface area contributed by atoms with E-state index in [1.807, 2.05) is 0 Å². The van der Waals surface area contributed by atoms with E-state index in [0.717, 1.165) is 0 Å². The molecule has 0 aliphatic carbocycles. The maximum absolute atomic E-state index is 2.37. The van der Waals surface area contributed by atoms with Gasteiger partial charge in [-0.25, -0.2) is 0 Å². The summed E-state index contributed by atoms with van der Waals surface area (Å²) in [6, 6.07) is 42.7. The Kier molecular flexibility index (Phi) is 5.23. The summed E-state index contributed by atoms with van der Waals surface area (Å²) in [6.45, 7) is 6.45. The van der Waals surface area contributed by atoms with Crippen molar-refractivity contribution in [1.82, 2.24) is 0 Å². The molecular weight excluding hydrogens is 420 g/mol. The van der Waals surface area contributed by atoms with Crippen LogP contribution in [0.4, 0.5) is 0 Å². The van der Waals surface area contributed by atoms with E-state index in [1.165, 1.54) is 71.6 Å². The van der Waals surface area contributed by atoms with Crippen LogP contribution in [0.2, 0.25) is 0 Å². The molecule has 0 nitrogen and oxygen atoms in total. The number of hydrogen-bond donors (Lipinski definition) is 0. The van der Waals surface area contributed by atoms with Crippen LogP contribution < -0.4 is 0 Å². The summed E-state index contributed by atoms with van der Waals surface area (Å²) in [5.74, 6) is 0. The SMILES string of the molecule is Cc1ccc(-c2ccc3cc4ccc(-c5ccc(C)cc5)cc4c(-c4cccc(C)c4)c3c2)cc1. The first kappa shape index (κ1) is 21.4. The Morgan fingerprint density at radius 3 is 1.31 bits per heavy atom. The summed E-state index contributed by atoms with van der Waals surface area (Å²) in [5.41, 5.74) is 11.4. The van der Waals surface area contributed by atoms with Crippen LogP contribution in [0, 0.1) is 20.8 Å². The van der Waals surface area contributed by atoms with Crippen LogP contribution in [0.1, 0.15) is 16.7 Å². The minimum Gasteiger partial charge on any atom is -0.0614 e. The number of hydrogen-bond acceptors (Lipinski definition) is 0. The van der Waals surface area contributed by atoms with Crippen molar-refractivity contribution < 1.29 is 0 Å². The van der Waals surface area contributed by atoms with Gasteiger partial charge in [0, 0.05) is 0 Å². The first-order valence-corrected chi connectivity index (χ1v) is 12.3. The van der Waals surface area contributed by atoms with Gasteiger partial charge in [0.15, 0.2) is 0 Å². The maximum atomic E-state index is 2.37. The second kappa shape index (κ2) is 8.56. The fourth-order valence-corrected chi connectivity index (χ4v) is 5.07. The highest BCUT2D eigenvalue weighted by Gasteiger charge is 2.13. The number of benzene rings is 6. The minimum absolute atomic E-state index is 1.25. The molecule has 6 aromatic carbocycles. The summed E-state index contributed by atoms with van der Waals surface area (Å²) in [7, 11) is 0. The van der Waals surface area contributed by atoms with Gasteiger partial charge in [-0.05, 0) is 93.9 Å². The molecule has 0 bridgehead atoms. The molecule has 6 rings (SSSR count). The summed E-state index contributed by atoms with van der Waals surface area (Å²) in [5, 5.41) is 5.13. The van der Waals surface area contributed by atoms with Gasteiger partial charge >= 0.3 is 0 Å². The van der Waals surface area contributed by atoms with Crippen molar-refractivity contribution in [2.24, 2.45) is 0 Å². The highest BCUT2D eigenvalue weighted by atomic mass is 14.2. The highest BCUT2D eigenvalue weighted by molar-refractivity contribution is 6.14. The predicted molar refractivity (Wildman–Crippen MR) is 152 cm³/mol. The van der Waals surface area contributed by atoms with Crippen molar-refractivity contribution in [3.05, 3.63) is 132 Å². The molecule has 0 radical (unpaired) electrons. The van der Waals surface area contributed by atoms with E-state index in [0.29, 0.717) is 0 Å². The lowest BCUT2D eigenvalue weighted by Crippen LogP contribution is -1.89. The van der Waals surface area contributed by atoms with Gasteiger partial charge in [0.2, 0.25) is 0 Å². The van der Waals surface area contributed by atoms with Gasteiger partial charge in [-0.3, -0.25) is 0 Å². The quantitative estimate of drug-likeness (QED) is 0.236. The first-order valence-electron chi connectivity index (χ1n) is 12.3. The molecule has 0 fully saturated rings. The molecular formula is C35H28. The molecule has 0 aliphatic heterocycles. The number of rotatable bonds is 3. The Labute approximate surface area is 207 Å². The van der Waals surface area contributed by atoms with Crippen molar-refractivity contribution in [1.29, 1.82) is 0 Å². The molecule has 0 aromatic heterocycles. The van der Waals surface area contributed by atoms with Crippen LogP contribution in [0.5, 0.6) is 0 Å². The lowest BCUT2D eigenvalue weighted by Gasteiger charge is -2.15. The van der Waals surface area contributed by atoms with Crippen molar-refractivity contribution >= 4 is 21.5 Å². The molecule has 6 aromatic rings. The van der Waals surface area contributed by atoms with Gasteiger partial charge in [-0.15, -0.1) is 0 Å². The third-order valence-electron chi connectivity index (χ3n) is 7.03. The summed E-state index contributed by atoms with van der Waals surface area (Å²) >= 11 is 0. The molecule has 0 amide bonds. The molecule has 0 N–H and O–H groups in total. The zero-order chi connectivity index (χ0) is 23.9. The van der Waals surface area contributed by atoms with Gasteiger partial charge in [0.05, 0.1) is 0 Å². The van der Waals surface area contributed by atoms with E-state index in [4.69, 9.17) is 0 Å². The van der Waals surface area contributed by atoms with Gasteiger partial charge in [-0.2, -0.15) is 0 Å². The van der Waals surface area contributed by atoms with Crippen LogP contribution in [-0.4, -0.2) is 0 Å². The maximum Gasteiger partial charge on any atom is -0.00263 e. The summed E-state index contributed by atoms with van der Waals surface area (Å²) in [4.78, 5) is 0. The Morgan fingerprint density at radius 1 is 0.343 bits per heavy atom. The van der Waals surface area contributed by atoms with Gasteiger partial charge in [0.1, 0.15) is 0 Å². The highest BCUT2D eigenvalue weighted by Crippen LogP contribution is 2.40. The van der Waals surface area contributed by atoms with E-state index in [-0.39, 0.29) is 0 Å². The van der Waals surface area contributed by atoms with Crippen LogP contribution in [0.15, 0.2) is 115 Å². The Balaban J connectivity index is 1.66. The zero-order valence-corrected chi connectivity index (χ0v) is 20.5. The van der Waals surface area contributed by atoms with Crippen LogP contribution in [0.25, 0.3) is 54.9 Å². The summed E-state index contributed by atoms with van der Waals surface area (Å²) in [6.07, 6.45) is 0. The third kappa shape index (κ3) is 4.02. The molecule has 0 atom stereocenters. The fourth-order valence-electron chi connectivity index (χ4n) is 5.07. The second-order valence-corrected chi connectivity index (χ2v) is 9.72. The van der Waals surface area contributed by atoms with E-state index in [1.54, 1.807) is 0 Å². The molecule has 0 unspecified atom stereocenters. The minimum atomic E-state index is 1.25. The lowest BCUT2D eigenvalue weighted by molar-refractivity contribution is 1.47. The Hall–Kier alpha value is -4.16. The standard InChI is InChI=1S/C35H28/c1-23-7-11-26(12-8-23)28-15-17-30-20-31-18-16-29(27-13-9-24(2)10-14-27)22-34(31)35(33(30)21-28)32-6-4-5-25(3)19-32/h4-22H,1-3H3. The molecule has 0 aliphatic rings. The normalized spacial score (nSPS) is 11.3. The van der Waals surface area contributed by atoms with Crippen LogP contribution in [-0.2, 0) is 0 Å². The van der Waals surface area contributed by atoms with Gasteiger partial charge < -0.3 is 0 Å². The molecule has 0 spiro atoms. The first-order chi connectivity index (χ1) is 17.0. The zero-order valence-electron chi connectivity index (χ0n) is 20.5. The average Bonchev–Trinajstić information content (AvgIpc) is 2.87. The van der Waals surface area contributed by atoms with Crippen LogP contribution in [0.3, 0.4) is 0 Å². The van der Waals surface area contributed by atoms with Crippen molar-refractivity contribution in [3.8, 4) is 33.4 Å². The summed E-state index contributed by atoms with van der Waals surface area (Å²) < 4.78 is 0. The monoisotopic (exact) mass is 448 g/mol. The Bertz CT molecular complexity index is 1580. The topological polar surface area (TPSA) is 0 Å². The predicted octanol–water partition coefficient (Wildman–Crippen LogP) is 9.92. The molecule has 168 valence electrons. The third-order valence-corrected chi connectivity index (χ3v) is 7.03. The molecule has 35 heavy (non-hydrogen) atoms. The second-order valence-electron chi connectivity index (χ2n) is 9.72. The van der Waals surface area contributed by atoms with E-state index in [9.17, 15) is 0 Å². The largest absolute Gasteiger partial charge is 0.0614 e. The Morgan fingerprint density at radius 2 is 0.829 bits per heavy atom. The average molecular weight is 449 g/mol. The smallest absolute Gasteiger partial charge is 0.00263 e. The van der Waals surface area contributed by atoms with Crippen molar-refractivity contribution in [2.45, 2.75) is 20.8 Å². The van der Waals surface area contributed by atoms with E-state index < -0.39 is 0 Å². The molecule has 0 saturated heterocycles. The molecule has 0 heterocycles. The number of aryl methyl sites for hydroxylation is 3. The van der Waals surface area contributed by atoms with Crippen molar-refractivity contribution in [3.63, 3.8) is 0 Å². The van der Waals surface area contributed by atoms with Crippen LogP contribution >= 0.6 is 0 Å². The van der Waals surface area contributed by atoms with Gasteiger partial charge in [-0.1, -0.05) is 114 Å². The lowest BCUT2D eigenvalue weighted by atomic mass is 9.88. The molecule has 0 saturated carbocycles.